The van der Waals surface area contributed by atoms with Crippen LogP contribution in [-0.2, 0) is 24.3 Å². The molecule has 0 unspecified atom stereocenters. The first-order chi connectivity index (χ1) is 10.6. The van der Waals surface area contributed by atoms with Gasteiger partial charge in [-0.1, -0.05) is 17.7 Å². The van der Waals surface area contributed by atoms with Crippen molar-refractivity contribution in [1.82, 2.24) is 4.31 Å². The maximum Gasteiger partial charge on any atom is 0.268 e. The first-order valence-corrected chi connectivity index (χ1v) is 8.78. The number of aryl methyl sites for hydroxylation is 1. The summed E-state index contributed by atoms with van der Waals surface area (Å²) in [7, 11) is -2.73. The predicted octanol–water partition coefficient (Wildman–Crippen LogP) is 1.87. The second kappa shape index (κ2) is 6.05. The molecule has 6 nitrogen and oxygen atoms in total. The average molecular weight is 339 g/mol. The van der Waals surface area contributed by atoms with Gasteiger partial charge in [-0.05, 0) is 45.7 Å². The molecule has 23 heavy (non-hydrogen) atoms. The van der Waals surface area contributed by atoms with Crippen LogP contribution in [0.1, 0.15) is 32.3 Å². The van der Waals surface area contributed by atoms with E-state index in [0.29, 0.717) is 0 Å². The Morgan fingerprint density at radius 1 is 1.30 bits per heavy atom. The fourth-order valence-corrected chi connectivity index (χ4v) is 4.27. The minimum absolute atomic E-state index is 0.00584. The quantitative estimate of drug-likeness (QED) is 0.782. The van der Waals surface area contributed by atoms with Crippen molar-refractivity contribution in [3.05, 3.63) is 29.8 Å². The number of sulfonamides is 1. The summed E-state index contributed by atoms with van der Waals surface area (Å²) in [6, 6.07) is 6.22. The molecule has 2 rings (SSSR count). The number of ether oxygens (including phenoxy) is 1. The van der Waals surface area contributed by atoms with Gasteiger partial charge in [-0.3, -0.25) is 9.59 Å². The number of methoxy groups -OCH3 is 1. The molecular weight excluding hydrogens is 318 g/mol. The molecule has 0 aliphatic carbocycles. The van der Waals surface area contributed by atoms with Gasteiger partial charge in [0, 0.05) is 7.11 Å². The Hall–Kier alpha value is -1.73. The molecule has 0 bridgehead atoms. The zero-order valence-corrected chi connectivity index (χ0v) is 14.5. The Morgan fingerprint density at radius 3 is 2.35 bits per heavy atom. The van der Waals surface area contributed by atoms with Crippen LogP contribution in [0.2, 0.25) is 0 Å². The first-order valence-electron chi connectivity index (χ1n) is 7.34. The van der Waals surface area contributed by atoms with Crippen molar-refractivity contribution in [2.45, 2.75) is 44.7 Å². The highest BCUT2D eigenvalue weighted by Crippen LogP contribution is 2.38. The van der Waals surface area contributed by atoms with Gasteiger partial charge in [0.15, 0.2) is 0 Å². The zero-order valence-electron chi connectivity index (χ0n) is 13.7. The molecule has 126 valence electrons. The van der Waals surface area contributed by atoms with Gasteiger partial charge in [-0.2, -0.15) is 0 Å². The molecule has 0 N–H and O–H groups in total. The van der Waals surface area contributed by atoms with Gasteiger partial charge in [0.1, 0.15) is 17.4 Å². The zero-order chi connectivity index (χ0) is 17.4. The molecule has 1 saturated heterocycles. The average Bonchev–Trinajstić information content (AvgIpc) is 2.49. The molecular formula is C16H21NO5S. The standard InChI is InChI=1S/C16H21NO5S/c1-11-5-7-13(8-6-11)23(20,21)17-14(22-4)9-10-16(3,12(2)18)15(17)19/h5-8,14H,9-10H2,1-4H3/t14-,16+/m0/s1. The molecule has 1 amide bonds. The highest BCUT2D eigenvalue weighted by atomic mass is 32.2. The van der Waals surface area contributed by atoms with Crippen LogP contribution in [0.15, 0.2) is 29.2 Å². The van der Waals surface area contributed by atoms with Crippen molar-refractivity contribution >= 4 is 21.7 Å². The summed E-state index contributed by atoms with van der Waals surface area (Å²) in [6.07, 6.45) is -0.357. The van der Waals surface area contributed by atoms with Gasteiger partial charge in [-0.25, -0.2) is 12.7 Å². The number of carbonyl (C=O) groups excluding carboxylic acids is 2. The van der Waals surface area contributed by atoms with Gasteiger partial charge in [0.2, 0.25) is 0 Å². The Balaban J connectivity index is 2.53. The Labute approximate surface area is 136 Å². The number of ketones is 1. The van der Waals surface area contributed by atoms with Crippen LogP contribution in [0, 0.1) is 12.3 Å². The summed E-state index contributed by atoms with van der Waals surface area (Å²) >= 11 is 0. The number of hydrogen-bond donors (Lipinski definition) is 0. The second-order valence-corrected chi connectivity index (χ2v) is 7.85. The van der Waals surface area contributed by atoms with Crippen molar-refractivity contribution in [1.29, 1.82) is 0 Å². The van der Waals surface area contributed by atoms with Gasteiger partial charge < -0.3 is 4.74 Å². The molecule has 1 heterocycles. The van der Waals surface area contributed by atoms with Gasteiger partial charge in [0.05, 0.1) is 4.90 Å². The van der Waals surface area contributed by atoms with Crippen molar-refractivity contribution in [2.75, 3.05) is 7.11 Å². The number of piperidine rings is 1. The third kappa shape index (κ3) is 2.90. The molecule has 2 atom stereocenters. The summed E-state index contributed by atoms with van der Waals surface area (Å²) in [5.74, 6) is -1.08. The topological polar surface area (TPSA) is 80.8 Å². The monoisotopic (exact) mass is 339 g/mol. The van der Waals surface area contributed by atoms with Gasteiger partial charge in [0.25, 0.3) is 15.9 Å². The smallest absolute Gasteiger partial charge is 0.268 e. The van der Waals surface area contributed by atoms with E-state index in [2.05, 4.69) is 0 Å². The largest absolute Gasteiger partial charge is 0.360 e. The van der Waals surface area contributed by atoms with Crippen LogP contribution in [0.3, 0.4) is 0 Å². The van der Waals surface area contributed by atoms with E-state index in [9.17, 15) is 18.0 Å². The lowest BCUT2D eigenvalue weighted by Crippen LogP contribution is -2.57. The van der Waals surface area contributed by atoms with E-state index >= 15 is 0 Å². The Bertz CT molecular complexity index is 725. The van der Waals surface area contributed by atoms with Crippen LogP contribution < -0.4 is 0 Å². The van der Waals surface area contributed by atoms with E-state index in [1.165, 1.54) is 33.1 Å². The van der Waals surface area contributed by atoms with Gasteiger partial charge >= 0.3 is 0 Å². The van der Waals surface area contributed by atoms with E-state index in [1.54, 1.807) is 12.1 Å². The van der Waals surface area contributed by atoms with Crippen LogP contribution in [0.25, 0.3) is 0 Å². The molecule has 0 aromatic heterocycles. The summed E-state index contributed by atoms with van der Waals surface area (Å²) < 4.78 is 31.7. The van der Waals surface area contributed by atoms with Crippen molar-refractivity contribution in [2.24, 2.45) is 5.41 Å². The fourth-order valence-electron chi connectivity index (χ4n) is 2.64. The Morgan fingerprint density at radius 2 is 1.87 bits per heavy atom. The molecule has 1 aliphatic rings. The highest BCUT2D eigenvalue weighted by molar-refractivity contribution is 7.89. The van der Waals surface area contributed by atoms with Crippen molar-refractivity contribution in [3.8, 4) is 0 Å². The SMILES string of the molecule is CO[C@H]1CC[C@](C)(C(C)=O)C(=O)N1S(=O)(=O)c1ccc(C)cc1. The van der Waals surface area contributed by atoms with Crippen LogP contribution in [0.4, 0.5) is 0 Å². The summed E-state index contributed by atoms with van der Waals surface area (Å²) in [4.78, 5) is 24.7. The number of Topliss-reactive ketones (excluding diaryl/α,β-unsaturated/α-hetero) is 1. The second-order valence-electron chi connectivity index (χ2n) is 6.04. The maximum atomic E-state index is 12.9. The van der Waals surface area contributed by atoms with E-state index in [1.807, 2.05) is 6.92 Å². The van der Waals surface area contributed by atoms with E-state index in [0.717, 1.165) is 9.87 Å². The summed E-state index contributed by atoms with van der Waals surface area (Å²) in [6.45, 7) is 4.64. The molecule has 0 spiro atoms. The lowest BCUT2D eigenvalue weighted by molar-refractivity contribution is -0.157. The van der Waals surface area contributed by atoms with E-state index in [-0.39, 0.29) is 23.5 Å². The number of carbonyl (C=O) groups is 2. The van der Waals surface area contributed by atoms with Gasteiger partial charge in [-0.15, -0.1) is 0 Å². The lowest BCUT2D eigenvalue weighted by atomic mass is 9.78. The molecule has 0 saturated carbocycles. The minimum Gasteiger partial charge on any atom is -0.360 e. The first kappa shape index (κ1) is 17.6. The van der Waals surface area contributed by atoms with Crippen molar-refractivity contribution in [3.63, 3.8) is 0 Å². The van der Waals surface area contributed by atoms with Crippen LogP contribution in [-0.4, -0.2) is 37.8 Å². The van der Waals surface area contributed by atoms with Crippen LogP contribution >= 0.6 is 0 Å². The van der Waals surface area contributed by atoms with Crippen molar-refractivity contribution < 1.29 is 22.7 Å². The number of amides is 1. The van der Waals surface area contributed by atoms with E-state index in [4.69, 9.17) is 4.74 Å². The summed E-state index contributed by atoms with van der Waals surface area (Å²) in [5.41, 5.74) is -0.432. The maximum absolute atomic E-state index is 12.9. The molecule has 1 fully saturated rings. The lowest BCUT2D eigenvalue weighted by Gasteiger charge is -2.41. The number of nitrogens with zero attached hydrogens (tertiary/aromatic N) is 1. The number of hydrogen-bond acceptors (Lipinski definition) is 5. The fraction of sp³-hybridized carbons (Fsp3) is 0.500. The normalized spacial score (nSPS) is 25.5. The molecule has 1 aromatic carbocycles. The molecule has 1 aromatic rings. The van der Waals surface area contributed by atoms with E-state index < -0.39 is 27.6 Å². The minimum atomic E-state index is -4.09. The highest BCUT2D eigenvalue weighted by Gasteiger charge is 2.51. The number of benzene rings is 1. The third-order valence-corrected chi connectivity index (χ3v) is 6.24. The predicted molar refractivity (Wildman–Crippen MR) is 84.0 cm³/mol. The van der Waals surface area contributed by atoms with Crippen LogP contribution in [0.5, 0.6) is 0 Å². The molecule has 7 heteroatoms. The summed E-state index contributed by atoms with van der Waals surface area (Å²) in [5, 5.41) is 0. The number of rotatable bonds is 4. The molecule has 0 radical (unpaired) electrons. The third-order valence-electron chi connectivity index (χ3n) is 4.45. The Kier molecular flexibility index (Phi) is 4.64. The molecule has 1 aliphatic heterocycles.